The Morgan fingerprint density at radius 2 is 0.592 bits per heavy atom. The summed E-state index contributed by atoms with van der Waals surface area (Å²) < 4.78 is 296. The van der Waals surface area contributed by atoms with Gasteiger partial charge in [0.05, 0.1) is 12.4 Å². The highest BCUT2D eigenvalue weighted by atomic mass is 19.2. The lowest BCUT2D eigenvalue weighted by Crippen LogP contribution is -2.81. The molecular formula is C51H43BF20N4. The number of nitriles is 2. The van der Waals surface area contributed by atoms with Gasteiger partial charge in [0.25, 0.3) is 0 Å². The van der Waals surface area contributed by atoms with Crippen molar-refractivity contribution in [2.75, 3.05) is 0 Å². The first-order chi connectivity index (χ1) is 36.0. The van der Waals surface area contributed by atoms with Crippen LogP contribution in [0.25, 0.3) is 0 Å². The maximum atomic E-state index is 15.4. The molecule has 4 aromatic carbocycles. The van der Waals surface area contributed by atoms with Crippen LogP contribution in [0.2, 0.25) is 0 Å². The average molecular weight is 1100 g/mol. The van der Waals surface area contributed by atoms with Gasteiger partial charge in [-0.05, 0) is 12.8 Å². The number of nitrogens with zero attached hydrogens (tertiary/aromatic N) is 4. The molecule has 1 aromatic heterocycles. The molecule has 76 heavy (non-hydrogen) atoms. The molecule has 0 spiro atoms. The first kappa shape index (κ1) is 61.9. The maximum absolute atomic E-state index is 15.4. The number of halogens is 20. The first-order valence-electron chi connectivity index (χ1n) is 23.6. The molecular weight excluding hydrogens is 1060 g/mol. The molecule has 410 valence electrons. The van der Waals surface area contributed by atoms with Gasteiger partial charge in [-0.1, -0.05) is 103 Å². The molecule has 1 heterocycles. The minimum Gasteiger partial charge on any atom is -0.252 e. The number of allylic oxidation sites excluding steroid dienone is 2. The zero-order valence-electron chi connectivity index (χ0n) is 40.0. The summed E-state index contributed by atoms with van der Waals surface area (Å²) in [5, 5.41) is 18.5. The Kier molecular flexibility index (Phi) is 22.7. The highest BCUT2D eigenvalue weighted by molar-refractivity contribution is 7.20. The Bertz CT molecular complexity index is 2600. The lowest BCUT2D eigenvalue weighted by atomic mass is 9.12. The SMILES string of the molecule is CCCCCCCCCCCCCCCCCCC(C[n+]1ccncc1)=C(C#N)C#N.Fc1c(F)c(F)c([B-](c2c(F)c(F)c(F)c(F)c2F)(c2c(F)c(F)c(F)c(F)c2F)c2c(F)c(F)c(F)c(F)c2F)c(F)c1F. The molecule has 0 unspecified atom stereocenters. The van der Waals surface area contributed by atoms with Gasteiger partial charge in [0.1, 0.15) is 70.4 Å². The zero-order valence-corrected chi connectivity index (χ0v) is 40.0. The summed E-state index contributed by atoms with van der Waals surface area (Å²) in [5.74, 6) is -71.4. The summed E-state index contributed by atoms with van der Waals surface area (Å²) in [6, 6.07) is 4.13. The Labute approximate surface area is 422 Å². The molecule has 5 aromatic rings. The summed E-state index contributed by atoms with van der Waals surface area (Å²) in [7, 11) is 0. The Morgan fingerprint density at radius 1 is 0.368 bits per heavy atom. The topological polar surface area (TPSA) is 64.3 Å². The fraction of sp³-hybridized carbons (Fsp3) is 0.373. The van der Waals surface area contributed by atoms with Gasteiger partial charge in [-0.3, -0.25) is 4.98 Å². The highest BCUT2D eigenvalue weighted by Gasteiger charge is 2.52. The minimum atomic E-state index is -7.22. The molecule has 4 nitrogen and oxygen atoms in total. The van der Waals surface area contributed by atoms with Crippen molar-refractivity contribution >= 4 is 28.0 Å². The number of rotatable bonds is 23. The number of unbranched alkanes of at least 4 members (excludes halogenated alkanes) is 15. The second-order valence-corrected chi connectivity index (χ2v) is 17.5. The van der Waals surface area contributed by atoms with E-state index in [0.717, 1.165) is 18.4 Å². The maximum Gasteiger partial charge on any atom is 0.200 e. The van der Waals surface area contributed by atoms with Gasteiger partial charge in [0.2, 0.25) is 0 Å². The normalized spacial score (nSPS) is 11.4. The van der Waals surface area contributed by atoms with Gasteiger partial charge in [-0.2, -0.15) is 15.1 Å². The molecule has 25 heteroatoms. The van der Waals surface area contributed by atoms with E-state index in [9.17, 15) is 63.2 Å². The van der Waals surface area contributed by atoms with Crippen LogP contribution in [0, 0.1) is 139 Å². The Morgan fingerprint density at radius 3 is 0.829 bits per heavy atom. The van der Waals surface area contributed by atoms with Gasteiger partial charge in [-0.25, -0.2) is 87.8 Å². The van der Waals surface area contributed by atoms with Gasteiger partial charge in [0.15, 0.2) is 88.7 Å². The van der Waals surface area contributed by atoms with Gasteiger partial charge in [-0.15, -0.1) is 21.9 Å². The van der Waals surface area contributed by atoms with Crippen LogP contribution in [0.3, 0.4) is 0 Å². The lowest BCUT2D eigenvalue weighted by Gasteiger charge is -2.44. The van der Waals surface area contributed by atoms with E-state index in [4.69, 9.17) is 0 Å². The predicted molar refractivity (Wildman–Crippen MR) is 236 cm³/mol. The molecule has 0 fully saturated rings. The van der Waals surface area contributed by atoms with Crippen molar-refractivity contribution in [1.82, 2.24) is 4.98 Å². The first-order valence-corrected chi connectivity index (χ1v) is 23.6. The van der Waals surface area contributed by atoms with E-state index in [0.29, 0.717) is 6.54 Å². The van der Waals surface area contributed by atoms with Crippen molar-refractivity contribution in [1.29, 1.82) is 10.5 Å². The second kappa shape index (κ2) is 27.9. The summed E-state index contributed by atoms with van der Waals surface area (Å²) in [6.07, 6.45) is 22.4. The molecule has 0 radical (unpaired) electrons. The van der Waals surface area contributed by atoms with Crippen molar-refractivity contribution in [3.8, 4) is 12.1 Å². The summed E-state index contributed by atoms with van der Waals surface area (Å²) in [5.41, 5.74) is -13.1. The third-order valence-corrected chi connectivity index (χ3v) is 12.7. The summed E-state index contributed by atoms with van der Waals surface area (Å²) in [4.78, 5) is 4.02. The number of hydrogen-bond donors (Lipinski definition) is 0. The lowest BCUT2D eigenvalue weighted by molar-refractivity contribution is -0.689. The third-order valence-electron chi connectivity index (χ3n) is 12.7. The van der Waals surface area contributed by atoms with E-state index >= 15 is 35.1 Å². The smallest absolute Gasteiger partial charge is 0.200 e. The molecule has 0 aliphatic rings. The van der Waals surface area contributed by atoms with Crippen LogP contribution in [0.1, 0.15) is 116 Å². The molecule has 0 saturated heterocycles. The van der Waals surface area contributed by atoms with Crippen molar-refractivity contribution in [3.05, 3.63) is 152 Å². The predicted octanol–water partition coefficient (Wildman–Crippen LogP) is 13.2. The van der Waals surface area contributed by atoms with Gasteiger partial charge >= 0.3 is 0 Å². The summed E-state index contributed by atoms with van der Waals surface area (Å²) >= 11 is 0. The monoisotopic (exact) mass is 1100 g/mol. The second-order valence-electron chi connectivity index (χ2n) is 17.5. The molecule has 0 aliphatic heterocycles. The quantitative estimate of drug-likeness (QED) is 0.0125. The number of hydrogen-bond acceptors (Lipinski definition) is 3. The van der Waals surface area contributed by atoms with E-state index in [1.165, 1.54) is 96.3 Å². The minimum absolute atomic E-state index is 0.269. The van der Waals surface area contributed by atoms with Crippen LogP contribution in [-0.4, -0.2) is 11.1 Å². The van der Waals surface area contributed by atoms with Crippen LogP contribution in [0.15, 0.2) is 35.9 Å². The molecule has 0 aliphatic carbocycles. The van der Waals surface area contributed by atoms with Crippen LogP contribution in [0.4, 0.5) is 87.8 Å². The molecule has 0 bridgehead atoms. The van der Waals surface area contributed by atoms with Crippen LogP contribution >= 0.6 is 0 Å². The van der Waals surface area contributed by atoms with Crippen molar-refractivity contribution in [2.45, 2.75) is 123 Å². The van der Waals surface area contributed by atoms with Crippen molar-refractivity contribution in [3.63, 3.8) is 0 Å². The zero-order chi connectivity index (χ0) is 56.8. The molecule has 0 N–H and O–H groups in total. The highest BCUT2D eigenvalue weighted by Crippen LogP contribution is 2.31. The molecule has 0 atom stereocenters. The van der Waals surface area contributed by atoms with E-state index in [-0.39, 0.29) is 5.57 Å². The fourth-order valence-electron chi connectivity index (χ4n) is 8.90. The number of aromatic nitrogens is 2. The van der Waals surface area contributed by atoms with Crippen molar-refractivity contribution in [2.24, 2.45) is 0 Å². The van der Waals surface area contributed by atoms with Gasteiger partial charge in [0, 0.05) is 5.57 Å². The Balaban J connectivity index is 0.000000353. The largest absolute Gasteiger partial charge is 0.252 e. The molecule has 0 amide bonds. The number of benzene rings is 4. The standard InChI is InChI=1S/C27H43N4.C24BF20/c1-2-3-4-5-6-7-8-9-10-11-12-13-14-15-16-17-18-26(27(23-28)24-29)25-31-21-19-30-20-22-31;26-5-1(6(27)14(35)21(42)13(5)34)25(2-7(28)15(36)22(43)16(37)8(2)29,3-9(30)17(38)23(44)18(39)10(3)31)4-11(32)19(40)24(45)20(41)12(4)33/h19-22H,2-18,25H2,1H3;/q+1;-1. The molecule has 5 rings (SSSR count). The van der Waals surface area contributed by atoms with Crippen LogP contribution < -0.4 is 26.4 Å². The van der Waals surface area contributed by atoms with Crippen LogP contribution in [0.5, 0.6) is 0 Å². The van der Waals surface area contributed by atoms with E-state index in [1.807, 2.05) is 17.0 Å². The summed E-state index contributed by atoms with van der Waals surface area (Å²) in [6.45, 7) is 2.87. The van der Waals surface area contributed by atoms with E-state index in [1.54, 1.807) is 12.4 Å². The average Bonchev–Trinajstić information content (AvgIpc) is 3.41. The Hall–Kier alpha value is -6.66. The van der Waals surface area contributed by atoms with Crippen molar-refractivity contribution < 1.29 is 92.4 Å². The van der Waals surface area contributed by atoms with E-state index in [2.05, 4.69) is 24.0 Å². The van der Waals surface area contributed by atoms with Gasteiger partial charge < -0.3 is 0 Å². The molecule has 0 saturated carbocycles. The fourth-order valence-corrected chi connectivity index (χ4v) is 8.90. The third kappa shape index (κ3) is 12.9. The van der Waals surface area contributed by atoms with Crippen LogP contribution in [-0.2, 0) is 6.54 Å². The van der Waals surface area contributed by atoms with E-state index < -0.39 is 144 Å².